The first-order chi connectivity index (χ1) is 7.52. The van der Waals surface area contributed by atoms with Gasteiger partial charge in [-0.2, -0.15) is 0 Å². The Kier molecular flexibility index (Phi) is 6.24. The molecule has 0 spiro atoms. The maximum atomic E-state index is 11.6. The molecule has 17 heavy (non-hydrogen) atoms. The molecule has 0 aliphatic rings. The molecule has 3 nitrogen and oxygen atoms in total. The molecule has 4 heteroatoms. The Bertz CT molecular complexity index is 274. The van der Waals surface area contributed by atoms with Crippen LogP contribution in [-0.2, 0) is 9.59 Å². The average molecular weight is 259 g/mol. The van der Waals surface area contributed by atoms with Gasteiger partial charge in [0.1, 0.15) is 5.78 Å². The number of ketones is 1. The van der Waals surface area contributed by atoms with E-state index >= 15 is 0 Å². The van der Waals surface area contributed by atoms with E-state index in [1.165, 1.54) is 0 Å². The molecule has 0 saturated heterocycles. The van der Waals surface area contributed by atoms with E-state index in [0.717, 1.165) is 0 Å². The van der Waals surface area contributed by atoms with Crippen molar-refractivity contribution in [1.82, 2.24) is 5.32 Å². The number of Topliss-reactive ketones (excluding diaryl/α,β-unsaturated/α-hetero) is 1. The summed E-state index contributed by atoms with van der Waals surface area (Å²) in [5.74, 6) is 0.639. The second-order valence-corrected chi connectivity index (χ2v) is 7.98. The zero-order chi connectivity index (χ0) is 13.7. The first-order valence-electron chi connectivity index (χ1n) is 5.96. The molecule has 100 valence electrons. The summed E-state index contributed by atoms with van der Waals surface area (Å²) < 4.78 is 0.0958. The second kappa shape index (κ2) is 6.43. The first kappa shape index (κ1) is 16.5. The average Bonchev–Trinajstić information content (AvgIpc) is 2.12. The largest absolute Gasteiger partial charge is 0.355 e. The van der Waals surface area contributed by atoms with Crippen LogP contribution in [0.1, 0.15) is 48.0 Å². The minimum absolute atomic E-state index is 0.00614. The summed E-state index contributed by atoms with van der Waals surface area (Å²) in [6, 6.07) is 0. The SMILES string of the molecule is CC(C)(C)SCC(=O)NCCC(=O)C(C)(C)C. The zero-order valence-electron chi connectivity index (χ0n) is 11.8. The minimum atomic E-state index is -0.315. The van der Waals surface area contributed by atoms with E-state index in [0.29, 0.717) is 18.7 Å². The van der Waals surface area contributed by atoms with Gasteiger partial charge in [-0.1, -0.05) is 41.5 Å². The first-order valence-corrected chi connectivity index (χ1v) is 6.95. The van der Waals surface area contributed by atoms with Gasteiger partial charge >= 0.3 is 0 Å². The lowest BCUT2D eigenvalue weighted by atomic mass is 9.89. The van der Waals surface area contributed by atoms with Gasteiger partial charge in [0.25, 0.3) is 0 Å². The quantitative estimate of drug-likeness (QED) is 0.825. The van der Waals surface area contributed by atoms with Gasteiger partial charge in [-0.3, -0.25) is 9.59 Å². The summed E-state index contributed by atoms with van der Waals surface area (Å²) in [6.45, 7) is 12.4. The lowest BCUT2D eigenvalue weighted by molar-refractivity contribution is -0.126. The van der Waals surface area contributed by atoms with Gasteiger partial charge in [0.2, 0.25) is 5.91 Å². The Labute approximate surface area is 109 Å². The molecule has 0 aromatic heterocycles. The Morgan fingerprint density at radius 1 is 1.06 bits per heavy atom. The fourth-order valence-corrected chi connectivity index (χ4v) is 1.69. The number of thioether (sulfide) groups is 1. The van der Waals surface area contributed by atoms with Crippen molar-refractivity contribution in [3.8, 4) is 0 Å². The number of nitrogens with one attached hydrogen (secondary N) is 1. The van der Waals surface area contributed by atoms with Gasteiger partial charge in [-0.25, -0.2) is 0 Å². The van der Waals surface area contributed by atoms with Crippen LogP contribution in [0.25, 0.3) is 0 Å². The Morgan fingerprint density at radius 3 is 2.00 bits per heavy atom. The summed E-state index contributed by atoms with van der Waals surface area (Å²) in [5.41, 5.74) is -0.315. The van der Waals surface area contributed by atoms with Gasteiger partial charge in [-0.15, -0.1) is 11.8 Å². The molecule has 0 aliphatic heterocycles. The zero-order valence-corrected chi connectivity index (χ0v) is 12.7. The van der Waals surface area contributed by atoms with Crippen LogP contribution in [-0.4, -0.2) is 28.7 Å². The van der Waals surface area contributed by atoms with E-state index < -0.39 is 0 Å². The highest BCUT2D eigenvalue weighted by atomic mass is 32.2. The molecular weight excluding hydrogens is 234 g/mol. The van der Waals surface area contributed by atoms with Crippen molar-refractivity contribution in [3.05, 3.63) is 0 Å². The Balaban J connectivity index is 3.77. The van der Waals surface area contributed by atoms with Crippen LogP contribution in [0.15, 0.2) is 0 Å². The molecular formula is C13H25NO2S. The molecule has 0 heterocycles. The number of carbonyl (C=O) groups is 2. The molecule has 0 unspecified atom stereocenters. The van der Waals surface area contributed by atoms with E-state index in [1.807, 2.05) is 20.8 Å². The third-order valence-electron chi connectivity index (χ3n) is 2.15. The van der Waals surface area contributed by atoms with Gasteiger partial charge in [0.15, 0.2) is 0 Å². The summed E-state index contributed by atoms with van der Waals surface area (Å²) in [6.07, 6.45) is 0.412. The number of hydrogen-bond acceptors (Lipinski definition) is 3. The standard InChI is InChI=1S/C13H25NO2S/c1-12(2,3)10(15)7-8-14-11(16)9-17-13(4,5)6/h7-9H2,1-6H3,(H,14,16). The van der Waals surface area contributed by atoms with Crippen LogP contribution >= 0.6 is 11.8 Å². The van der Waals surface area contributed by atoms with Crippen molar-refractivity contribution in [1.29, 1.82) is 0 Å². The van der Waals surface area contributed by atoms with Crippen molar-refractivity contribution >= 4 is 23.5 Å². The minimum Gasteiger partial charge on any atom is -0.355 e. The van der Waals surface area contributed by atoms with Crippen molar-refractivity contribution in [2.45, 2.75) is 52.7 Å². The summed E-state index contributed by atoms with van der Waals surface area (Å²) >= 11 is 1.61. The molecule has 0 saturated carbocycles. The fourth-order valence-electron chi connectivity index (χ4n) is 1.02. The van der Waals surface area contributed by atoms with Crippen molar-refractivity contribution in [2.24, 2.45) is 5.41 Å². The predicted molar refractivity (Wildman–Crippen MR) is 74.3 cm³/mol. The third-order valence-corrected chi connectivity index (χ3v) is 3.42. The highest BCUT2D eigenvalue weighted by molar-refractivity contribution is 8.01. The molecule has 0 atom stereocenters. The Hall–Kier alpha value is -0.510. The van der Waals surface area contributed by atoms with Crippen LogP contribution in [0.5, 0.6) is 0 Å². The van der Waals surface area contributed by atoms with Gasteiger partial charge < -0.3 is 5.32 Å². The van der Waals surface area contributed by atoms with Crippen LogP contribution < -0.4 is 5.32 Å². The highest BCUT2D eigenvalue weighted by Crippen LogP contribution is 2.22. The monoisotopic (exact) mass is 259 g/mol. The van der Waals surface area contributed by atoms with Crippen LogP contribution in [0.3, 0.4) is 0 Å². The molecule has 0 radical (unpaired) electrons. The van der Waals surface area contributed by atoms with Crippen molar-refractivity contribution in [2.75, 3.05) is 12.3 Å². The van der Waals surface area contributed by atoms with Crippen LogP contribution in [0, 0.1) is 5.41 Å². The van der Waals surface area contributed by atoms with E-state index in [1.54, 1.807) is 11.8 Å². The molecule has 0 aromatic rings. The fraction of sp³-hybridized carbons (Fsp3) is 0.846. The molecule has 0 aromatic carbocycles. The molecule has 1 N–H and O–H groups in total. The number of carbonyl (C=O) groups excluding carboxylic acids is 2. The smallest absolute Gasteiger partial charge is 0.230 e. The number of hydrogen-bond donors (Lipinski definition) is 1. The lowest BCUT2D eigenvalue weighted by Gasteiger charge is -2.18. The lowest BCUT2D eigenvalue weighted by Crippen LogP contribution is -2.31. The highest BCUT2D eigenvalue weighted by Gasteiger charge is 2.20. The third kappa shape index (κ3) is 9.22. The molecule has 0 bridgehead atoms. The summed E-state index contributed by atoms with van der Waals surface area (Å²) in [4.78, 5) is 23.1. The van der Waals surface area contributed by atoms with Crippen LogP contribution in [0.4, 0.5) is 0 Å². The van der Waals surface area contributed by atoms with E-state index in [4.69, 9.17) is 0 Å². The molecule has 0 fully saturated rings. The Morgan fingerprint density at radius 2 is 1.59 bits per heavy atom. The number of amides is 1. The van der Waals surface area contributed by atoms with E-state index in [-0.39, 0.29) is 21.9 Å². The predicted octanol–water partition coefficient (Wildman–Crippen LogP) is 2.64. The van der Waals surface area contributed by atoms with Crippen molar-refractivity contribution in [3.63, 3.8) is 0 Å². The number of rotatable bonds is 5. The second-order valence-electron chi connectivity index (χ2n) is 6.17. The van der Waals surface area contributed by atoms with Crippen LogP contribution in [0.2, 0.25) is 0 Å². The van der Waals surface area contributed by atoms with Gasteiger partial charge in [-0.05, 0) is 0 Å². The maximum absolute atomic E-state index is 11.6. The van der Waals surface area contributed by atoms with Crippen molar-refractivity contribution < 1.29 is 9.59 Å². The molecule has 0 aliphatic carbocycles. The van der Waals surface area contributed by atoms with Gasteiger partial charge in [0.05, 0.1) is 5.75 Å². The van der Waals surface area contributed by atoms with E-state index in [9.17, 15) is 9.59 Å². The normalized spacial score (nSPS) is 12.4. The summed E-state index contributed by atoms with van der Waals surface area (Å²) in [7, 11) is 0. The summed E-state index contributed by atoms with van der Waals surface area (Å²) in [5, 5.41) is 2.78. The topological polar surface area (TPSA) is 46.2 Å². The maximum Gasteiger partial charge on any atom is 0.230 e. The molecule has 1 amide bonds. The molecule has 0 rings (SSSR count). The van der Waals surface area contributed by atoms with Gasteiger partial charge in [0, 0.05) is 23.1 Å². The van der Waals surface area contributed by atoms with E-state index in [2.05, 4.69) is 26.1 Å².